The zero-order valence-corrected chi connectivity index (χ0v) is 8.36. The summed E-state index contributed by atoms with van der Waals surface area (Å²) in [6.45, 7) is 0. The van der Waals surface area contributed by atoms with Gasteiger partial charge in [-0.2, -0.15) is 5.10 Å². The van der Waals surface area contributed by atoms with E-state index in [1.165, 1.54) is 12.1 Å². The minimum Gasteiger partial charge on any atom is -0.477 e. The average Bonchev–Trinajstić information content (AvgIpc) is 2.28. The quantitative estimate of drug-likeness (QED) is 0.445. The van der Waals surface area contributed by atoms with E-state index in [2.05, 4.69) is 5.10 Å². The van der Waals surface area contributed by atoms with Crippen molar-refractivity contribution in [2.24, 2.45) is 5.10 Å². The second-order valence-corrected chi connectivity index (χ2v) is 2.84. The van der Waals surface area contributed by atoms with Crippen LogP contribution < -0.4 is 5.43 Å². The van der Waals surface area contributed by atoms with E-state index in [0.29, 0.717) is 6.21 Å². The summed E-state index contributed by atoms with van der Waals surface area (Å²) in [6.07, 6.45) is 0.517. The number of nitro benzene ring substituents is 1. The number of amides is 1. The highest BCUT2D eigenvalue weighted by Gasteiger charge is 2.08. The third-order valence-corrected chi connectivity index (χ3v) is 1.68. The monoisotopic (exact) mass is 237 g/mol. The molecule has 0 bridgehead atoms. The van der Waals surface area contributed by atoms with Crippen LogP contribution in [-0.4, -0.2) is 28.1 Å². The third-order valence-electron chi connectivity index (χ3n) is 1.68. The van der Waals surface area contributed by atoms with Crippen LogP contribution in [0, 0.1) is 10.1 Å². The summed E-state index contributed by atoms with van der Waals surface area (Å²) in [5, 5.41) is 21.7. The highest BCUT2D eigenvalue weighted by atomic mass is 16.6. The molecule has 88 valence electrons. The molecule has 17 heavy (non-hydrogen) atoms. The average molecular weight is 237 g/mol. The van der Waals surface area contributed by atoms with Crippen LogP contribution in [0.2, 0.25) is 0 Å². The maximum Gasteiger partial charge on any atom is 0.348 e. The van der Waals surface area contributed by atoms with Gasteiger partial charge in [-0.25, -0.2) is 10.2 Å². The van der Waals surface area contributed by atoms with Gasteiger partial charge in [0.15, 0.2) is 0 Å². The Morgan fingerprint density at radius 2 is 1.94 bits per heavy atom. The van der Waals surface area contributed by atoms with E-state index in [-0.39, 0.29) is 11.3 Å². The predicted molar refractivity (Wildman–Crippen MR) is 56.7 cm³/mol. The second-order valence-electron chi connectivity index (χ2n) is 2.84. The standard InChI is InChI=1S/C9H7N3O5/c13-8(14)5-10-11-9(15)6-1-3-7(4-2-6)12(16)17/h1-5H,(H,11,15)(H,13,14)/b10-5+. The predicted octanol–water partition coefficient (Wildman–Crippen LogP) is 0.395. The fraction of sp³-hybridized carbons (Fsp3) is 0. The van der Waals surface area contributed by atoms with Crippen molar-refractivity contribution in [2.75, 3.05) is 0 Å². The van der Waals surface area contributed by atoms with Crippen LogP contribution in [0.25, 0.3) is 0 Å². The SMILES string of the molecule is O=C(O)/C=N/NC(=O)c1ccc([N+](=O)[O-])cc1. The topological polar surface area (TPSA) is 122 Å². The molecular formula is C9H7N3O5. The molecule has 0 fully saturated rings. The lowest BCUT2D eigenvalue weighted by molar-refractivity contribution is -0.384. The van der Waals surface area contributed by atoms with Crippen molar-refractivity contribution in [1.29, 1.82) is 0 Å². The Bertz CT molecular complexity index is 480. The fourth-order valence-electron chi connectivity index (χ4n) is 0.945. The number of hydrazone groups is 1. The van der Waals surface area contributed by atoms with Crippen molar-refractivity contribution in [3.05, 3.63) is 39.9 Å². The van der Waals surface area contributed by atoms with Crippen LogP contribution in [0.3, 0.4) is 0 Å². The van der Waals surface area contributed by atoms with Gasteiger partial charge in [0.25, 0.3) is 11.6 Å². The van der Waals surface area contributed by atoms with Crippen LogP contribution in [0.4, 0.5) is 5.69 Å². The van der Waals surface area contributed by atoms with E-state index in [0.717, 1.165) is 12.1 Å². The minimum atomic E-state index is -1.30. The Kier molecular flexibility index (Phi) is 3.87. The second kappa shape index (κ2) is 5.35. The Morgan fingerprint density at radius 1 is 1.35 bits per heavy atom. The summed E-state index contributed by atoms with van der Waals surface area (Å²) in [4.78, 5) is 31.1. The molecule has 0 saturated carbocycles. The maximum absolute atomic E-state index is 11.3. The van der Waals surface area contributed by atoms with Crippen molar-refractivity contribution in [2.45, 2.75) is 0 Å². The van der Waals surface area contributed by atoms with Crippen LogP contribution in [0.5, 0.6) is 0 Å². The largest absolute Gasteiger partial charge is 0.477 e. The molecule has 1 aromatic carbocycles. The summed E-state index contributed by atoms with van der Waals surface area (Å²) < 4.78 is 0. The summed E-state index contributed by atoms with van der Waals surface area (Å²) in [6, 6.07) is 4.80. The number of carbonyl (C=O) groups excluding carboxylic acids is 1. The van der Waals surface area contributed by atoms with Crippen molar-refractivity contribution in [3.8, 4) is 0 Å². The molecule has 1 aromatic rings. The Hall–Kier alpha value is -2.77. The summed E-state index contributed by atoms with van der Waals surface area (Å²) in [5.41, 5.74) is 1.95. The normalized spacial score (nSPS) is 10.1. The molecule has 1 rings (SSSR count). The molecule has 0 heterocycles. The van der Waals surface area contributed by atoms with Gasteiger partial charge in [-0.3, -0.25) is 14.9 Å². The lowest BCUT2D eigenvalue weighted by Gasteiger charge is -1.98. The Morgan fingerprint density at radius 3 is 2.41 bits per heavy atom. The smallest absolute Gasteiger partial charge is 0.348 e. The molecule has 0 aliphatic carbocycles. The number of non-ortho nitro benzene ring substituents is 1. The van der Waals surface area contributed by atoms with Crippen LogP contribution >= 0.6 is 0 Å². The number of hydrogen-bond acceptors (Lipinski definition) is 5. The number of aliphatic carboxylic acids is 1. The van der Waals surface area contributed by atoms with Crippen LogP contribution in [0.1, 0.15) is 10.4 Å². The molecule has 0 atom stereocenters. The van der Waals surface area contributed by atoms with Gasteiger partial charge in [0, 0.05) is 17.7 Å². The van der Waals surface area contributed by atoms with Crippen molar-refractivity contribution in [3.63, 3.8) is 0 Å². The van der Waals surface area contributed by atoms with Crippen molar-refractivity contribution < 1.29 is 19.6 Å². The first-order valence-electron chi connectivity index (χ1n) is 4.31. The van der Waals surface area contributed by atoms with Gasteiger partial charge in [-0.05, 0) is 12.1 Å². The molecule has 0 aliphatic rings. The van der Waals surface area contributed by atoms with E-state index in [4.69, 9.17) is 5.11 Å². The highest BCUT2D eigenvalue weighted by molar-refractivity contribution is 6.22. The lowest BCUT2D eigenvalue weighted by Crippen LogP contribution is -2.18. The molecule has 0 unspecified atom stereocenters. The van der Waals surface area contributed by atoms with Gasteiger partial charge in [-0.15, -0.1) is 0 Å². The molecule has 0 aromatic heterocycles. The Balaban J connectivity index is 2.70. The van der Waals surface area contributed by atoms with E-state index in [1.807, 2.05) is 5.43 Å². The number of nitrogens with one attached hydrogen (secondary N) is 1. The number of carboxylic acids is 1. The van der Waals surface area contributed by atoms with Gasteiger partial charge in [-0.1, -0.05) is 0 Å². The highest BCUT2D eigenvalue weighted by Crippen LogP contribution is 2.11. The number of hydrogen-bond donors (Lipinski definition) is 2. The summed E-state index contributed by atoms with van der Waals surface area (Å²) >= 11 is 0. The van der Waals surface area contributed by atoms with E-state index in [1.54, 1.807) is 0 Å². The van der Waals surface area contributed by atoms with Crippen molar-refractivity contribution in [1.82, 2.24) is 5.43 Å². The minimum absolute atomic E-state index is 0.137. The lowest BCUT2D eigenvalue weighted by atomic mass is 10.2. The first-order chi connectivity index (χ1) is 8.00. The fourth-order valence-corrected chi connectivity index (χ4v) is 0.945. The van der Waals surface area contributed by atoms with Crippen LogP contribution in [-0.2, 0) is 4.79 Å². The summed E-state index contributed by atoms with van der Waals surface area (Å²) in [5.74, 6) is -1.95. The first kappa shape index (κ1) is 12.3. The number of nitro groups is 1. The number of nitrogens with zero attached hydrogens (tertiary/aromatic N) is 2. The number of carboxylic acid groups (broad SMARTS) is 1. The molecule has 2 N–H and O–H groups in total. The zero-order chi connectivity index (χ0) is 12.8. The molecular weight excluding hydrogens is 230 g/mol. The summed E-state index contributed by atoms with van der Waals surface area (Å²) in [7, 11) is 0. The van der Waals surface area contributed by atoms with E-state index >= 15 is 0 Å². The first-order valence-corrected chi connectivity index (χ1v) is 4.31. The molecule has 0 aliphatic heterocycles. The Labute approximate surface area is 94.7 Å². The molecule has 0 radical (unpaired) electrons. The molecule has 1 amide bonds. The molecule has 8 heteroatoms. The van der Waals surface area contributed by atoms with E-state index in [9.17, 15) is 19.7 Å². The number of rotatable bonds is 4. The van der Waals surface area contributed by atoms with Crippen molar-refractivity contribution >= 4 is 23.8 Å². The molecule has 8 nitrogen and oxygen atoms in total. The van der Waals surface area contributed by atoms with Gasteiger partial charge in [0.2, 0.25) is 0 Å². The molecule has 0 saturated heterocycles. The van der Waals surface area contributed by atoms with Gasteiger partial charge in [0.05, 0.1) is 4.92 Å². The van der Waals surface area contributed by atoms with Gasteiger partial charge < -0.3 is 5.11 Å². The molecule has 0 spiro atoms. The van der Waals surface area contributed by atoms with Crippen LogP contribution in [0.15, 0.2) is 29.4 Å². The number of benzene rings is 1. The van der Waals surface area contributed by atoms with E-state index < -0.39 is 16.8 Å². The zero-order valence-electron chi connectivity index (χ0n) is 8.36. The number of carbonyl (C=O) groups is 2. The third kappa shape index (κ3) is 3.70. The van der Waals surface area contributed by atoms with Gasteiger partial charge in [0.1, 0.15) is 6.21 Å². The maximum atomic E-state index is 11.3. The van der Waals surface area contributed by atoms with Gasteiger partial charge >= 0.3 is 5.97 Å².